The summed E-state index contributed by atoms with van der Waals surface area (Å²) in [6.45, 7) is 3.92. The van der Waals surface area contributed by atoms with Crippen LogP contribution >= 0.6 is 0 Å². The van der Waals surface area contributed by atoms with Crippen molar-refractivity contribution >= 4 is 11.7 Å². The van der Waals surface area contributed by atoms with Crippen molar-refractivity contribution in [1.29, 1.82) is 0 Å². The summed E-state index contributed by atoms with van der Waals surface area (Å²) in [6, 6.07) is 5.61. The molecule has 1 aromatic carbocycles. The molecule has 1 heterocycles. The van der Waals surface area contributed by atoms with Gasteiger partial charge in [-0.15, -0.1) is 0 Å². The monoisotopic (exact) mass is 251 g/mol. The maximum Gasteiger partial charge on any atom is 0.319 e. The zero-order valence-corrected chi connectivity index (χ0v) is 10.4. The van der Waals surface area contributed by atoms with Gasteiger partial charge in [0, 0.05) is 18.3 Å². The van der Waals surface area contributed by atoms with Crippen molar-refractivity contribution in [3.05, 3.63) is 30.1 Å². The van der Waals surface area contributed by atoms with Crippen LogP contribution in [-0.2, 0) is 0 Å². The first-order valence-electron chi connectivity index (χ1n) is 6.19. The Morgan fingerprint density at radius 1 is 1.39 bits per heavy atom. The number of urea groups is 1. The molecule has 0 saturated carbocycles. The molecule has 0 aliphatic carbocycles. The predicted octanol–water partition coefficient (Wildman–Crippen LogP) is 1.95. The van der Waals surface area contributed by atoms with Crippen LogP contribution in [-0.4, -0.2) is 25.2 Å². The zero-order valence-electron chi connectivity index (χ0n) is 10.4. The number of rotatable bonds is 2. The van der Waals surface area contributed by atoms with Gasteiger partial charge in [-0.2, -0.15) is 0 Å². The summed E-state index contributed by atoms with van der Waals surface area (Å²) in [5, 5.41) is 8.87. The summed E-state index contributed by atoms with van der Waals surface area (Å²) in [7, 11) is 0. The maximum atomic E-state index is 12.7. The molecule has 4 nitrogen and oxygen atoms in total. The van der Waals surface area contributed by atoms with Gasteiger partial charge in [-0.25, -0.2) is 9.18 Å². The van der Waals surface area contributed by atoms with Gasteiger partial charge < -0.3 is 16.0 Å². The van der Waals surface area contributed by atoms with E-state index in [0.717, 1.165) is 19.5 Å². The quantitative estimate of drug-likeness (QED) is 0.752. The SMILES string of the molecule is CC1CCNCC1NC(=O)Nc1ccc(F)cc1. The van der Waals surface area contributed by atoms with Crippen LogP contribution in [0.15, 0.2) is 24.3 Å². The highest BCUT2D eigenvalue weighted by molar-refractivity contribution is 5.89. The van der Waals surface area contributed by atoms with Gasteiger partial charge in [-0.1, -0.05) is 6.92 Å². The second kappa shape index (κ2) is 5.82. The smallest absolute Gasteiger partial charge is 0.319 e. The summed E-state index contributed by atoms with van der Waals surface area (Å²) in [6.07, 6.45) is 1.06. The Hall–Kier alpha value is -1.62. The highest BCUT2D eigenvalue weighted by Gasteiger charge is 2.22. The van der Waals surface area contributed by atoms with Gasteiger partial charge in [0.2, 0.25) is 0 Å². The highest BCUT2D eigenvalue weighted by Crippen LogP contribution is 2.12. The standard InChI is InChI=1S/C13H18FN3O/c1-9-6-7-15-8-12(9)17-13(18)16-11-4-2-10(14)3-5-11/h2-5,9,12,15H,6-8H2,1H3,(H2,16,17,18). The first-order chi connectivity index (χ1) is 8.65. The molecule has 1 saturated heterocycles. The number of benzene rings is 1. The minimum Gasteiger partial charge on any atom is -0.334 e. The van der Waals surface area contributed by atoms with E-state index >= 15 is 0 Å². The summed E-state index contributed by atoms with van der Waals surface area (Å²) in [5.74, 6) is 0.149. The fourth-order valence-electron chi connectivity index (χ4n) is 2.05. The first kappa shape index (κ1) is 12.8. The predicted molar refractivity (Wildman–Crippen MR) is 69.0 cm³/mol. The molecular weight excluding hydrogens is 233 g/mol. The van der Waals surface area contributed by atoms with Crippen LogP contribution in [0.5, 0.6) is 0 Å². The zero-order chi connectivity index (χ0) is 13.0. The number of carbonyl (C=O) groups excluding carboxylic acids is 1. The molecule has 0 radical (unpaired) electrons. The average molecular weight is 251 g/mol. The molecule has 2 rings (SSSR count). The Kier molecular flexibility index (Phi) is 4.15. The Morgan fingerprint density at radius 2 is 2.11 bits per heavy atom. The average Bonchev–Trinajstić information content (AvgIpc) is 2.35. The normalized spacial score (nSPS) is 23.4. The number of hydrogen-bond acceptors (Lipinski definition) is 2. The largest absolute Gasteiger partial charge is 0.334 e. The van der Waals surface area contributed by atoms with Crippen molar-refractivity contribution < 1.29 is 9.18 Å². The van der Waals surface area contributed by atoms with Gasteiger partial charge in [0.05, 0.1) is 0 Å². The lowest BCUT2D eigenvalue weighted by molar-refractivity contribution is 0.236. The molecule has 1 aliphatic heterocycles. The van der Waals surface area contributed by atoms with Crippen LogP contribution in [0, 0.1) is 11.7 Å². The Balaban J connectivity index is 1.86. The Bertz CT molecular complexity index is 407. The van der Waals surface area contributed by atoms with Crippen molar-refractivity contribution in [3.63, 3.8) is 0 Å². The molecule has 1 aliphatic rings. The summed E-state index contributed by atoms with van der Waals surface area (Å²) >= 11 is 0. The van der Waals surface area contributed by atoms with E-state index in [1.165, 1.54) is 24.3 Å². The minimum atomic E-state index is -0.314. The van der Waals surface area contributed by atoms with E-state index in [-0.39, 0.29) is 17.9 Å². The first-order valence-corrected chi connectivity index (χ1v) is 6.19. The third-order valence-electron chi connectivity index (χ3n) is 3.25. The third-order valence-corrected chi connectivity index (χ3v) is 3.25. The minimum absolute atomic E-state index is 0.138. The number of piperidine rings is 1. The second-order valence-electron chi connectivity index (χ2n) is 4.68. The fraction of sp³-hybridized carbons (Fsp3) is 0.462. The summed E-state index contributed by atoms with van der Waals surface area (Å²) in [5.41, 5.74) is 0.588. The van der Waals surface area contributed by atoms with E-state index in [0.29, 0.717) is 11.6 Å². The molecule has 1 aromatic rings. The fourth-order valence-corrected chi connectivity index (χ4v) is 2.05. The second-order valence-corrected chi connectivity index (χ2v) is 4.68. The van der Waals surface area contributed by atoms with E-state index in [1.54, 1.807) is 0 Å². The van der Waals surface area contributed by atoms with Crippen molar-refractivity contribution in [2.24, 2.45) is 5.92 Å². The van der Waals surface area contributed by atoms with Gasteiger partial charge in [0.1, 0.15) is 5.82 Å². The lowest BCUT2D eigenvalue weighted by Gasteiger charge is -2.30. The molecule has 2 amide bonds. The van der Waals surface area contributed by atoms with E-state index < -0.39 is 0 Å². The lowest BCUT2D eigenvalue weighted by Crippen LogP contribution is -2.51. The Labute approximate surface area is 106 Å². The maximum absolute atomic E-state index is 12.7. The molecule has 0 spiro atoms. The van der Waals surface area contributed by atoms with Gasteiger partial charge in [-0.3, -0.25) is 0 Å². The van der Waals surface area contributed by atoms with Crippen LogP contribution in [0.1, 0.15) is 13.3 Å². The summed E-state index contributed by atoms with van der Waals surface area (Å²) < 4.78 is 12.7. The van der Waals surface area contributed by atoms with E-state index in [2.05, 4.69) is 22.9 Å². The molecule has 2 atom stereocenters. The summed E-state index contributed by atoms with van der Waals surface area (Å²) in [4.78, 5) is 11.8. The van der Waals surface area contributed by atoms with Crippen molar-refractivity contribution in [1.82, 2.24) is 10.6 Å². The molecule has 18 heavy (non-hydrogen) atoms. The van der Waals surface area contributed by atoms with Crippen LogP contribution in [0.2, 0.25) is 0 Å². The van der Waals surface area contributed by atoms with Gasteiger partial charge >= 0.3 is 6.03 Å². The molecule has 5 heteroatoms. The van der Waals surface area contributed by atoms with Gasteiger partial charge in [0.15, 0.2) is 0 Å². The number of nitrogens with one attached hydrogen (secondary N) is 3. The number of anilines is 1. The molecule has 3 N–H and O–H groups in total. The van der Waals surface area contributed by atoms with E-state index in [1.807, 2.05) is 0 Å². The van der Waals surface area contributed by atoms with Crippen LogP contribution in [0.25, 0.3) is 0 Å². The number of hydrogen-bond donors (Lipinski definition) is 3. The topological polar surface area (TPSA) is 53.2 Å². The van der Waals surface area contributed by atoms with Crippen LogP contribution in [0.4, 0.5) is 14.9 Å². The van der Waals surface area contributed by atoms with Crippen LogP contribution in [0.3, 0.4) is 0 Å². The molecule has 2 unspecified atom stereocenters. The molecule has 0 aromatic heterocycles. The van der Waals surface area contributed by atoms with Crippen molar-refractivity contribution in [3.8, 4) is 0 Å². The molecule has 98 valence electrons. The van der Waals surface area contributed by atoms with Crippen LogP contribution < -0.4 is 16.0 Å². The lowest BCUT2D eigenvalue weighted by atomic mass is 9.95. The number of carbonyl (C=O) groups is 1. The molecular formula is C13H18FN3O. The molecule has 1 fully saturated rings. The van der Waals surface area contributed by atoms with Crippen molar-refractivity contribution in [2.45, 2.75) is 19.4 Å². The van der Waals surface area contributed by atoms with E-state index in [9.17, 15) is 9.18 Å². The molecule has 0 bridgehead atoms. The Morgan fingerprint density at radius 3 is 2.78 bits per heavy atom. The van der Waals surface area contributed by atoms with E-state index in [4.69, 9.17) is 0 Å². The highest BCUT2D eigenvalue weighted by atomic mass is 19.1. The van der Waals surface area contributed by atoms with Gasteiger partial charge in [0.25, 0.3) is 0 Å². The van der Waals surface area contributed by atoms with Gasteiger partial charge in [-0.05, 0) is 43.1 Å². The number of amides is 2. The van der Waals surface area contributed by atoms with Crippen molar-refractivity contribution in [2.75, 3.05) is 18.4 Å². The third kappa shape index (κ3) is 3.43. The number of halogens is 1.